The number of nitrogens with zero attached hydrogens (tertiary/aromatic N) is 6. The maximum atomic E-state index is 13.5. The second-order valence-corrected chi connectivity index (χ2v) is 10.5. The highest BCUT2D eigenvalue weighted by atomic mass is 35.5. The summed E-state index contributed by atoms with van der Waals surface area (Å²) in [6.07, 6.45) is 4.81. The van der Waals surface area contributed by atoms with Crippen molar-refractivity contribution in [1.82, 2.24) is 28.7 Å². The van der Waals surface area contributed by atoms with Crippen LogP contribution in [0.25, 0.3) is 28.0 Å². The summed E-state index contributed by atoms with van der Waals surface area (Å²) >= 11 is 6.60. The Morgan fingerprint density at radius 3 is 2.31 bits per heavy atom. The van der Waals surface area contributed by atoms with E-state index in [4.69, 9.17) is 16.7 Å². The minimum absolute atomic E-state index is 0.182. The molecule has 1 aromatic carbocycles. The fourth-order valence-electron chi connectivity index (χ4n) is 4.33. The number of rotatable bonds is 8. The highest BCUT2D eigenvalue weighted by Gasteiger charge is 2.26. The van der Waals surface area contributed by atoms with E-state index in [1.807, 2.05) is 32.0 Å². The van der Waals surface area contributed by atoms with Gasteiger partial charge in [0.2, 0.25) is 0 Å². The molecule has 0 radical (unpaired) electrons. The lowest BCUT2D eigenvalue weighted by atomic mass is 10.0. The summed E-state index contributed by atoms with van der Waals surface area (Å²) in [6.45, 7) is 9.23. The molecule has 0 aliphatic carbocycles. The highest BCUT2D eigenvalue weighted by molar-refractivity contribution is 6.33. The summed E-state index contributed by atoms with van der Waals surface area (Å²) in [7, 11) is 3.28. The van der Waals surface area contributed by atoms with Crippen LogP contribution in [0, 0.1) is 11.8 Å². The van der Waals surface area contributed by atoms with Crippen molar-refractivity contribution < 1.29 is 0 Å². The summed E-state index contributed by atoms with van der Waals surface area (Å²) in [4.78, 5) is 26.6. The van der Waals surface area contributed by atoms with Crippen LogP contribution in [0.2, 0.25) is 5.02 Å². The second kappa shape index (κ2) is 10.3. The summed E-state index contributed by atoms with van der Waals surface area (Å²) < 4.78 is 6.11. The number of benzene rings is 1. The van der Waals surface area contributed by atoms with E-state index in [-0.39, 0.29) is 11.6 Å². The predicted molar refractivity (Wildman–Crippen MR) is 145 cm³/mol. The van der Waals surface area contributed by atoms with Crippen LogP contribution >= 0.6 is 11.6 Å². The molecule has 9 heteroatoms. The summed E-state index contributed by atoms with van der Waals surface area (Å²) in [5, 5.41) is 10.2. The lowest BCUT2D eigenvalue weighted by molar-refractivity contribution is 0.498. The number of hydrogen-bond donors (Lipinski definition) is 0. The molecule has 0 aliphatic heterocycles. The third-order valence-corrected chi connectivity index (χ3v) is 6.36. The number of hydrogen-bond acceptors (Lipinski definition) is 4. The van der Waals surface area contributed by atoms with E-state index < -0.39 is 5.56 Å². The fraction of sp³-hybridized carbons (Fsp3) is 0.407. The highest BCUT2D eigenvalue weighted by Crippen LogP contribution is 2.32. The molecule has 8 nitrogen and oxygen atoms in total. The van der Waals surface area contributed by atoms with Crippen molar-refractivity contribution >= 4 is 28.2 Å². The maximum absolute atomic E-state index is 13.5. The summed E-state index contributed by atoms with van der Waals surface area (Å²) in [6, 6.07) is 10.1. The van der Waals surface area contributed by atoms with Gasteiger partial charge in [-0.05, 0) is 29.4 Å². The first-order chi connectivity index (χ1) is 17.1. The van der Waals surface area contributed by atoms with E-state index in [0.717, 1.165) is 22.1 Å². The van der Waals surface area contributed by atoms with Crippen LogP contribution in [-0.2, 0) is 27.2 Å². The molecule has 0 amide bonds. The zero-order chi connectivity index (χ0) is 26.1. The first-order valence-corrected chi connectivity index (χ1v) is 12.6. The van der Waals surface area contributed by atoms with Gasteiger partial charge in [-0.25, -0.2) is 4.79 Å². The van der Waals surface area contributed by atoms with Crippen LogP contribution < -0.4 is 11.2 Å². The van der Waals surface area contributed by atoms with Gasteiger partial charge in [0, 0.05) is 26.8 Å². The van der Waals surface area contributed by atoms with E-state index in [2.05, 4.69) is 37.2 Å². The van der Waals surface area contributed by atoms with Crippen molar-refractivity contribution in [2.75, 3.05) is 0 Å². The quantitative estimate of drug-likeness (QED) is 0.344. The molecule has 4 aromatic rings. The predicted octanol–water partition coefficient (Wildman–Crippen LogP) is 4.74. The van der Waals surface area contributed by atoms with Crippen molar-refractivity contribution in [2.24, 2.45) is 25.9 Å². The molecule has 190 valence electrons. The Labute approximate surface area is 215 Å². The summed E-state index contributed by atoms with van der Waals surface area (Å²) in [5.74, 6) is 0.662. The first-order valence-electron chi connectivity index (χ1n) is 12.2. The van der Waals surface area contributed by atoms with Gasteiger partial charge in [-0.15, -0.1) is 0 Å². The molecular weight excluding hydrogens is 476 g/mol. The average Bonchev–Trinajstić information content (AvgIpc) is 3.36. The van der Waals surface area contributed by atoms with Gasteiger partial charge in [0.05, 0.1) is 11.6 Å². The molecule has 0 N–H and O–H groups in total. The van der Waals surface area contributed by atoms with E-state index in [1.165, 1.54) is 7.05 Å². The van der Waals surface area contributed by atoms with Crippen LogP contribution in [0.3, 0.4) is 0 Å². The monoisotopic (exact) mass is 508 g/mol. The second-order valence-electron chi connectivity index (χ2n) is 10.1. The largest absolute Gasteiger partial charge is 0.332 e. The van der Waals surface area contributed by atoms with E-state index in [9.17, 15) is 9.59 Å². The van der Waals surface area contributed by atoms with Crippen LogP contribution in [0.15, 0.2) is 52.2 Å². The van der Waals surface area contributed by atoms with E-state index >= 15 is 0 Å². The van der Waals surface area contributed by atoms with E-state index in [0.29, 0.717) is 46.5 Å². The SMILES string of the molecule is CC(C)C/C=C(\Cn1nc2c(c1-c1nn(C)cc1Cl)c(=O)n(C)c(=O)n2CC(C)C)c1ccccc1. The van der Waals surface area contributed by atoms with Gasteiger partial charge < -0.3 is 0 Å². The Kier molecular flexibility index (Phi) is 7.36. The Morgan fingerprint density at radius 1 is 1.03 bits per heavy atom. The molecular formula is C27H33ClN6O2. The molecule has 0 bridgehead atoms. The van der Waals surface area contributed by atoms with Crippen molar-refractivity contribution in [3.05, 3.63) is 74.0 Å². The Balaban J connectivity index is 2.05. The topological polar surface area (TPSA) is 79.6 Å². The lowest BCUT2D eigenvalue weighted by Crippen LogP contribution is -2.38. The Morgan fingerprint density at radius 2 is 1.72 bits per heavy atom. The molecule has 3 heterocycles. The molecule has 36 heavy (non-hydrogen) atoms. The molecule has 0 atom stereocenters. The normalized spacial score (nSPS) is 12.4. The number of fused-ring (bicyclic) bond motifs is 1. The first kappa shape index (κ1) is 25.7. The minimum atomic E-state index is -0.412. The van der Waals surface area contributed by atoms with E-state index in [1.54, 1.807) is 27.2 Å². The van der Waals surface area contributed by atoms with Gasteiger partial charge in [0.15, 0.2) is 5.65 Å². The van der Waals surface area contributed by atoms with Crippen LogP contribution in [0.1, 0.15) is 39.7 Å². The molecule has 0 spiro atoms. The molecule has 4 rings (SSSR count). The summed E-state index contributed by atoms with van der Waals surface area (Å²) in [5.41, 5.74) is 2.67. The number of allylic oxidation sites excluding steroid dienone is 2. The van der Waals surface area contributed by atoms with Crippen LogP contribution in [0.5, 0.6) is 0 Å². The van der Waals surface area contributed by atoms with Gasteiger partial charge in [0.1, 0.15) is 16.8 Å². The molecule has 0 aliphatic rings. The molecule has 3 aromatic heterocycles. The Hall–Kier alpha value is -3.39. The van der Waals surface area contributed by atoms with Gasteiger partial charge >= 0.3 is 5.69 Å². The maximum Gasteiger partial charge on any atom is 0.332 e. The minimum Gasteiger partial charge on any atom is -0.276 e. The van der Waals surface area contributed by atoms with Gasteiger partial charge in [-0.3, -0.25) is 23.3 Å². The van der Waals surface area contributed by atoms with Gasteiger partial charge in [0.25, 0.3) is 5.56 Å². The zero-order valence-electron chi connectivity index (χ0n) is 21.7. The van der Waals surface area contributed by atoms with Crippen LogP contribution in [-0.4, -0.2) is 28.7 Å². The zero-order valence-corrected chi connectivity index (χ0v) is 22.5. The van der Waals surface area contributed by atoms with Gasteiger partial charge in [-0.2, -0.15) is 10.2 Å². The Bertz CT molecular complexity index is 1540. The number of aromatic nitrogens is 6. The number of aryl methyl sites for hydroxylation is 1. The molecule has 0 saturated carbocycles. The third-order valence-electron chi connectivity index (χ3n) is 6.08. The smallest absolute Gasteiger partial charge is 0.276 e. The van der Waals surface area contributed by atoms with Crippen molar-refractivity contribution in [3.8, 4) is 11.4 Å². The average molecular weight is 509 g/mol. The third kappa shape index (κ3) is 4.95. The van der Waals surface area contributed by atoms with Crippen molar-refractivity contribution in [1.29, 1.82) is 0 Å². The van der Waals surface area contributed by atoms with Crippen molar-refractivity contribution in [2.45, 2.75) is 47.2 Å². The van der Waals surface area contributed by atoms with Crippen molar-refractivity contribution in [3.63, 3.8) is 0 Å². The van der Waals surface area contributed by atoms with Gasteiger partial charge in [-0.1, -0.05) is 75.7 Å². The fourth-order valence-corrected chi connectivity index (χ4v) is 4.60. The number of halogens is 1. The molecule has 0 unspecified atom stereocenters. The molecule has 0 fully saturated rings. The lowest BCUT2D eigenvalue weighted by Gasteiger charge is -2.12. The standard InChI is InChI=1S/C27H33ClN6O2/c1-17(2)12-13-20(19-10-8-7-9-11-19)15-34-24(23-21(28)16-31(5)29-23)22-25(30-34)33(14-18(3)4)27(36)32(6)26(22)35/h7-11,13,16-18H,12,14-15H2,1-6H3/b20-13+. The van der Waals surface area contributed by atoms with Crippen LogP contribution in [0.4, 0.5) is 0 Å². The molecule has 0 saturated heterocycles.